The molecule has 2 aromatic rings. The van der Waals surface area contributed by atoms with Crippen LogP contribution < -0.4 is 10.7 Å². The Balaban J connectivity index is 2.22. The van der Waals surface area contributed by atoms with Crippen molar-refractivity contribution in [3.05, 3.63) is 44.7 Å². The predicted octanol–water partition coefficient (Wildman–Crippen LogP) is 2.82. The Hall–Kier alpha value is -1.61. The number of rotatable bonds is 3. The zero-order chi connectivity index (χ0) is 14.1. The molecule has 0 amide bonds. The average Bonchev–Trinajstić information content (AvgIpc) is 2.47. The number of hydrogen-bond acceptors (Lipinski definition) is 2. The minimum Gasteiger partial charge on any atom is -0.358 e. The molecule has 1 aliphatic rings. The first-order chi connectivity index (χ1) is 9.72. The van der Waals surface area contributed by atoms with Gasteiger partial charge in [0, 0.05) is 23.2 Å². The van der Waals surface area contributed by atoms with E-state index < -0.39 is 0 Å². The molecule has 1 aromatic carbocycles. The number of H-pyrrole nitrogens is 1. The summed E-state index contributed by atoms with van der Waals surface area (Å²) in [6, 6.07) is 4.16. The highest BCUT2D eigenvalue weighted by Gasteiger charge is 2.16. The molecule has 0 atom stereocenters. The first-order valence-electron chi connectivity index (χ1n) is 7.59. The number of hydrogen-bond donors (Lipinski definition) is 2. The summed E-state index contributed by atoms with van der Waals surface area (Å²) in [5.74, 6) is 0. The first kappa shape index (κ1) is 13.4. The van der Waals surface area contributed by atoms with Crippen molar-refractivity contribution in [1.82, 2.24) is 10.3 Å². The van der Waals surface area contributed by atoms with Gasteiger partial charge in [0.15, 0.2) is 5.43 Å². The van der Waals surface area contributed by atoms with Gasteiger partial charge < -0.3 is 10.3 Å². The molecule has 20 heavy (non-hydrogen) atoms. The molecule has 0 saturated heterocycles. The average molecular weight is 270 g/mol. The lowest BCUT2D eigenvalue weighted by atomic mass is 9.89. The van der Waals surface area contributed by atoms with Gasteiger partial charge in [0.05, 0.1) is 5.52 Å². The number of aromatic nitrogens is 1. The molecular weight excluding hydrogens is 248 g/mol. The molecule has 0 aliphatic heterocycles. The van der Waals surface area contributed by atoms with E-state index in [4.69, 9.17) is 0 Å². The SMILES string of the molecule is CCNCc1c(C)[nH]c2c3c(ccc2c1=O)CCCC3. The number of aromatic amines is 1. The van der Waals surface area contributed by atoms with Crippen LogP contribution in [0.15, 0.2) is 16.9 Å². The highest BCUT2D eigenvalue weighted by atomic mass is 16.1. The van der Waals surface area contributed by atoms with Crippen molar-refractivity contribution >= 4 is 10.9 Å². The predicted molar refractivity (Wildman–Crippen MR) is 83.3 cm³/mol. The molecule has 0 bridgehead atoms. The van der Waals surface area contributed by atoms with Crippen LogP contribution >= 0.6 is 0 Å². The van der Waals surface area contributed by atoms with Crippen LogP contribution in [0.4, 0.5) is 0 Å². The molecule has 0 fully saturated rings. The molecule has 0 spiro atoms. The van der Waals surface area contributed by atoms with Crippen molar-refractivity contribution in [3.8, 4) is 0 Å². The van der Waals surface area contributed by atoms with E-state index in [2.05, 4.69) is 23.3 Å². The maximum atomic E-state index is 12.7. The molecule has 3 rings (SSSR count). The highest BCUT2D eigenvalue weighted by Crippen LogP contribution is 2.27. The highest BCUT2D eigenvalue weighted by molar-refractivity contribution is 5.84. The molecular formula is C17H22N2O. The van der Waals surface area contributed by atoms with Crippen LogP contribution in [0.25, 0.3) is 10.9 Å². The van der Waals surface area contributed by atoms with Crippen molar-refractivity contribution in [2.45, 2.75) is 46.1 Å². The monoisotopic (exact) mass is 270 g/mol. The van der Waals surface area contributed by atoms with Gasteiger partial charge in [0.25, 0.3) is 0 Å². The van der Waals surface area contributed by atoms with E-state index in [0.29, 0.717) is 6.54 Å². The Bertz CT molecular complexity index is 700. The van der Waals surface area contributed by atoms with E-state index in [9.17, 15) is 4.79 Å². The van der Waals surface area contributed by atoms with Gasteiger partial charge in [0.1, 0.15) is 0 Å². The number of aryl methyl sites for hydroxylation is 3. The summed E-state index contributed by atoms with van der Waals surface area (Å²) >= 11 is 0. The third-order valence-electron chi connectivity index (χ3n) is 4.37. The van der Waals surface area contributed by atoms with E-state index in [0.717, 1.165) is 41.5 Å². The summed E-state index contributed by atoms with van der Waals surface area (Å²) in [6.45, 7) is 5.59. The topological polar surface area (TPSA) is 44.9 Å². The fraction of sp³-hybridized carbons (Fsp3) is 0.471. The Labute approximate surface area is 119 Å². The lowest BCUT2D eigenvalue weighted by molar-refractivity contribution is 0.688. The van der Waals surface area contributed by atoms with Gasteiger partial charge in [-0.3, -0.25) is 4.79 Å². The normalized spacial score (nSPS) is 14.5. The Morgan fingerprint density at radius 1 is 1.25 bits per heavy atom. The molecule has 0 radical (unpaired) electrons. The van der Waals surface area contributed by atoms with E-state index in [1.165, 1.54) is 24.0 Å². The zero-order valence-electron chi connectivity index (χ0n) is 12.3. The number of nitrogens with one attached hydrogen (secondary N) is 2. The molecule has 0 unspecified atom stereocenters. The van der Waals surface area contributed by atoms with Crippen LogP contribution in [0.3, 0.4) is 0 Å². The number of pyridine rings is 1. The standard InChI is InChI=1S/C17H22N2O/c1-3-18-10-15-11(2)19-16-13-7-5-4-6-12(13)8-9-14(16)17(15)20/h8-9,18H,3-7,10H2,1-2H3,(H,19,20). The molecule has 3 heteroatoms. The van der Waals surface area contributed by atoms with Gasteiger partial charge in [-0.05, 0) is 56.3 Å². The minimum atomic E-state index is 0.186. The third-order valence-corrected chi connectivity index (χ3v) is 4.37. The van der Waals surface area contributed by atoms with E-state index in [1.54, 1.807) is 0 Å². The van der Waals surface area contributed by atoms with Crippen molar-refractivity contribution in [2.24, 2.45) is 0 Å². The van der Waals surface area contributed by atoms with Crippen LogP contribution in [0.1, 0.15) is 42.1 Å². The Morgan fingerprint density at radius 3 is 2.85 bits per heavy atom. The summed E-state index contributed by atoms with van der Waals surface area (Å²) in [7, 11) is 0. The fourth-order valence-corrected chi connectivity index (χ4v) is 3.22. The minimum absolute atomic E-state index is 0.186. The Morgan fingerprint density at radius 2 is 2.05 bits per heavy atom. The van der Waals surface area contributed by atoms with Gasteiger partial charge in [0.2, 0.25) is 0 Å². The fourth-order valence-electron chi connectivity index (χ4n) is 3.22. The summed E-state index contributed by atoms with van der Waals surface area (Å²) in [5, 5.41) is 4.10. The van der Waals surface area contributed by atoms with Crippen LogP contribution in [-0.2, 0) is 19.4 Å². The second-order valence-electron chi connectivity index (χ2n) is 5.67. The van der Waals surface area contributed by atoms with E-state index in [-0.39, 0.29) is 5.43 Å². The summed E-state index contributed by atoms with van der Waals surface area (Å²) < 4.78 is 0. The molecule has 2 N–H and O–H groups in total. The van der Waals surface area contributed by atoms with Crippen LogP contribution in [-0.4, -0.2) is 11.5 Å². The lowest BCUT2D eigenvalue weighted by Crippen LogP contribution is -2.22. The van der Waals surface area contributed by atoms with Gasteiger partial charge in [-0.25, -0.2) is 0 Å². The second kappa shape index (κ2) is 5.41. The van der Waals surface area contributed by atoms with Gasteiger partial charge >= 0.3 is 0 Å². The second-order valence-corrected chi connectivity index (χ2v) is 5.67. The van der Waals surface area contributed by atoms with Crippen LogP contribution in [0.2, 0.25) is 0 Å². The molecule has 1 heterocycles. The van der Waals surface area contributed by atoms with Gasteiger partial charge in [-0.1, -0.05) is 13.0 Å². The summed E-state index contributed by atoms with van der Waals surface area (Å²) in [4.78, 5) is 16.2. The maximum Gasteiger partial charge on any atom is 0.194 e. The third kappa shape index (κ3) is 2.16. The Kier molecular flexibility index (Phi) is 3.62. The van der Waals surface area contributed by atoms with Crippen LogP contribution in [0.5, 0.6) is 0 Å². The van der Waals surface area contributed by atoms with Crippen LogP contribution in [0, 0.1) is 6.92 Å². The lowest BCUT2D eigenvalue weighted by Gasteiger charge is -2.19. The molecule has 1 aliphatic carbocycles. The maximum absolute atomic E-state index is 12.7. The molecule has 1 aromatic heterocycles. The summed E-state index contributed by atoms with van der Waals surface area (Å²) in [6.07, 6.45) is 4.73. The largest absolute Gasteiger partial charge is 0.358 e. The zero-order valence-corrected chi connectivity index (χ0v) is 12.3. The number of benzene rings is 1. The molecule has 106 valence electrons. The van der Waals surface area contributed by atoms with Gasteiger partial charge in [-0.2, -0.15) is 0 Å². The van der Waals surface area contributed by atoms with Crippen molar-refractivity contribution in [3.63, 3.8) is 0 Å². The van der Waals surface area contributed by atoms with Crippen molar-refractivity contribution in [2.75, 3.05) is 6.54 Å². The summed E-state index contributed by atoms with van der Waals surface area (Å²) in [5.41, 5.74) is 5.91. The first-order valence-corrected chi connectivity index (χ1v) is 7.59. The van der Waals surface area contributed by atoms with E-state index >= 15 is 0 Å². The van der Waals surface area contributed by atoms with Gasteiger partial charge in [-0.15, -0.1) is 0 Å². The van der Waals surface area contributed by atoms with Crippen molar-refractivity contribution in [1.29, 1.82) is 0 Å². The smallest absolute Gasteiger partial charge is 0.194 e. The quantitative estimate of drug-likeness (QED) is 0.901. The number of fused-ring (bicyclic) bond motifs is 3. The molecule has 0 saturated carbocycles. The van der Waals surface area contributed by atoms with E-state index in [1.807, 2.05) is 13.0 Å². The molecule has 3 nitrogen and oxygen atoms in total. The van der Waals surface area contributed by atoms with Crippen molar-refractivity contribution < 1.29 is 0 Å².